The second-order valence-electron chi connectivity index (χ2n) is 3.90. The van der Waals surface area contributed by atoms with E-state index < -0.39 is 4.92 Å². The van der Waals surface area contributed by atoms with E-state index in [2.05, 4.69) is 10.2 Å². The highest BCUT2D eigenvalue weighted by atomic mass is 16.6. The first kappa shape index (κ1) is 11.1. The SMILES string of the molecule is C[C@@H](c1ccc([N+](=O)[O-])o1)N1CCNCC1. The lowest BCUT2D eigenvalue weighted by Crippen LogP contribution is -2.44. The molecular weight excluding hydrogens is 210 g/mol. The van der Waals surface area contributed by atoms with Crippen molar-refractivity contribution in [1.29, 1.82) is 0 Å². The zero-order valence-electron chi connectivity index (χ0n) is 9.18. The minimum atomic E-state index is -0.506. The van der Waals surface area contributed by atoms with Crippen molar-refractivity contribution in [2.45, 2.75) is 13.0 Å². The molecule has 0 aliphatic carbocycles. The van der Waals surface area contributed by atoms with Gasteiger partial charge >= 0.3 is 5.88 Å². The Morgan fingerprint density at radius 2 is 2.19 bits per heavy atom. The van der Waals surface area contributed by atoms with Gasteiger partial charge in [-0.25, -0.2) is 0 Å². The van der Waals surface area contributed by atoms with E-state index in [1.54, 1.807) is 6.07 Å². The van der Waals surface area contributed by atoms with Crippen molar-refractivity contribution < 1.29 is 9.34 Å². The third kappa shape index (κ3) is 2.23. The van der Waals surface area contributed by atoms with Gasteiger partial charge < -0.3 is 9.73 Å². The van der Waals surface area contributed by atoms with E-state index in [1.165, 1.54) is 6.07 Å². The zero-order valence-corrected chi connectivity index (χ0v) is 9.18. The van der Waals surface area contributed by atoms with Gasteiger partial charge in [0, 0.05) is 26.2 Å². The van der Waals surface area contributed by atoms with Crippen molar-refractivity contribution in [3.63, 3.8) is 0 Å². The number of furan rings is 1. The normalized spacial score (nSPS) is 19.6. The Bertz CT molecular complexity index is 371. The molecule has 6 nitrogen and oxygen atoms in total. The van der Waals surface area contributed by atoms with Gasteiger partial charge in [0.15, 0.2) is 0 Å². The molecule has 1 saturated heterocycles. The molecule has 0 unspecified atom stereocenters. The summed E-state index contributed by atoms with van der Waals surface area (Å²) in [5, 5.41) is 13.8. The Kier molecular flexibility index (Phi) is 3.21. The van der Waals surface area contributed by atoms with Crippen molar-refractivity contribution >= 4 is 5.88 Å². The summed E-state index contributed by atoms with van der Waals surface area (Å²) in [6.07, 6.45) is 0. The van der Waals surface area contributed by atoms with E-state index in [0.717, 1.165) is 26.2 Å². The standard InChI is InChI=1S/C10H15N3O3/c1-8(12-6-4-11-5-7-12)9-2-3-10(16-9)13(14)15/h2-3,8,11H,4-7H2,1H3/t8-/m0/s1. The molecule has 1 aliphatic rings. The van der Waals surface area contributed by atoms with Crippen LogP contribution in [0.5, 0.6) is 0 Å². The van der Waals surface area contributed by atoms with Crippen LogP contribution >= 0.6 is 0 Å². The molecule has 1 fully saturated rings. The number of nitro groups is 1. The fourth-order valence-corrected chi connectivity index (χ4v) is 1.91. The molecule has 6 heteroatoms. The lowest BCUT2D eigenvalue weighted by Gasteiger charge is -2.31. The molecule has 1 aromatic rings. The summed E-state index contributed by atoms with van der Waals surface area (Å²) in [5.74, 6) is 0.477. The molecule has 0 amide bonds. The molecular formula is C10H15N3O3. The summed E-state index contributed by atoms with van der Waals surface area (Å²) < 4.78 is 5.20. The van der Waals surface area contributed by atoms with Crippen LogP contribution in [-0.2, 0) is 0 Å². The van der Waals surface area contributed by atoms with Crippen LogP contribution in [0.1, 0.15) is 18.7 Å². The summed E-state index contributed by atoms with van der Waals surface area (Å²) in [4.78, 5) is 12.2. The first-order chi connectivity index (χ1) is 7.68. The van der Waals surface area contributed by atoms with Gasteiger partial charge in [0.2, 0.25) is 0 Å². The monoisotopic (exact) mass is 225 g/mol. The Balaban J connectivity index is 2.07. The molecule has 1 atom stereocenters. The van der Waals surface area contributed by atoms with Crippen molar-refractivity contribution in [2.75, 3.05) is 26.2 Å². The number of hydrogen-bond donors (Lipinski definition) is 1. The summed E-state index contributed by atoms with van der Waals surface area (Å²) in [7, 11) is 0. The first-order valence-corrected chi connectivity index (χ1v) is 5.37. The van der Waals surface area contributed by atoms with E-state index in [0.29, 0.717) is 5.76 Å². The fourth-order valence-electron chi connectivity index (χ4n) is 1.91. The lowest BCUT2D eigenvalue weighted by molar-refractivity contribution is -0.402. The molecule has 2 rings (SSSR count). The average molecular weight is 225 g/mol. The van der Waals surface area contributed by atoms with Crippen LogP contribution in [-0.4, -0.2) is 36.0 Å². The number of piperazine rings is 1. The van der Waals surface area contributed by atoms with Gasteiger partial charge in [-0.05, 0) is 13.0 Å². The maximum absolute atomic E-state index is 10.5. The third-order valence-corrected chi connectivity index (χ3v) is 2.90. The Labute approximate surface area is 93.4 Å². The van der Waals surface area contributed by atoms with Crippen LogP contribution in [0.4, 0.5) is 5.88 Å². The topological polar surface area (TPSA) is 71.5 Å². The third-order valence-electron chi connectivity index (χ3n) is 2.90. The van der Waals surface area contributed by atoms with E-state index >= 15 is 0 Å². The van der Waals surface area contributed by atoms with Gasteiger partial charge in [-0.2, -0.15) is 0 Å². The highest BCUT2D eigenvalue weighted by Crippen LogP contribution is 2.25. The molecule has 1 N–H and O–H groups in total. The zero-order chi connectivity index (χ0) is 11.5. The molecule has 0 spiro atoms. The molecule has 1 aromatic heterocycles. The maximum Gasteiger partial charge on any atom is 0.433 e. The van der Waals surface area contributed by atoms with Crippen LogP contribution in [0, 0.1) is 10.1 Å². The predicted octanol–water partition coefficient (Wildman–Crippen LogP) is 1.15. The van der Waals surface area contributed by atoms with Crippen LogP contribution in [0.3, 0.4) is 0 Å². The van der Waals surface area contributed by atoms with Crippen LogP contribution in [0.25, 0.3) is 0 Å². The second-order valence-corrected chi connectivity index (χ2v) is 3.90. The van der Waals surface area contributed by atoms with E-state index in [-0.39, 0.29) is 11.9 Å². The van der Waals surface area contributed by atoms with Gasteiger partial charge in [0.1, 0.15) is 10.7 Å². The molecule has 88 valence electrons. The van der Waals surface area contributed by atoms with Gasteiger partial charge in [0.05, 0.1) is 12.1 Å². The van der Waals surface area contributed by atoms with Crippen molar-refractivity contribution in [3.05, 3.63) is 28.0 Å². The van der Waals surface area contributed by atoms with Gasteiger partial charge in [-0.3, -0.25) is 15.0 Å². The molecule has 0 saturated carbocycles. The van der Waals surface area contributed by atoms with Crippen molar-refractivity contribution in [2.24, 2.45) is 0 Å². The summed E-state index contributed by atoms with van der Waals surface area (Å²) in [6, 6.07) is 3.19. The van der Waals surface area contributed by atoms with E-state index in [9.17, 15) is 10.1 Å². The highest BCUT2D eigenvalue weighted by Gasteiger charge is 2.22. The Hall–Kier alpha value is -1.40. The van der Waals surface area contributed by atoms with Crippen LogP contribution in [0.2, 0.25) is 0 Å². The largest absolute Gasteiger partial charge is 0.433 e. The van der Waals surface area contributed by atoms with Crippen LogP contribution in [0.15, 0.2) is 16.5 Å². The molecule has 0 bridgehead atoms. The lowest BCUT2D eigenvalue weighted by atomic mass is 10.2. The molecule has 0 aromatic carbocycles. The Morgan fingerprint density at radius 3 is 2.75 bits per heavy atom. The fraction of sp³-hybridized carbons (Fsp3) is 0.600. The first-order valence-electron chi connectivity index (χ1n) is 5.37. The predicted molar refractivity (Wildman–Crippen MR) is 58.2 cm³/mol. The van der Waals surface area contributed by atoms with E-state index in [1.807, 2.05) is 6.92 Å². The average Bonchev–Trinajstić information content (AvgIpc) is 2.78. The van der Waals surface area contributed by atoms with Crippen LogP contribution < -0.4 is 5.32 Å². The number of nitrogens with one attached hydrogen (secondary N) is 1. The summed E-state index contributed by atoms with van der Waals surface area (Å²) >= 11 is 0. The quantitative estimate of drug-likeness (QED) is 0.617. The minimum absolute atomic E-state index is 0.0933. The number of nitrogens with zero attached hydrogens (tertiary/aromatic N) is 2. The van der Waals surface area contributed by atoms with Gasteiger partial charge in [-0.1, -0.05) is 0 Å². The highest BCUT2D eigenvalue weighted by molar-refractivity contribution is 5.19. The smallest absolute Gasteiger partial charge is 0.404 e. The van der Waals surface area contributed by atoms with Crippen molar-refractivity contribution in [3.8, 4) is 0 Å². The van der Waals surface area contributed by atoms with Crippen molar-refractivity contribution in [1.82, 2.24) is 10.2 Å². The maximum atomic E-state index is 10.5. The number of rotatable bonds is 3. The Morgan fingerprint density at radius 1 is 1.50 bits per heavy atom. The molecule has 2 heterocycles. The molecule has 16 heavy (non-hydrogen) atoms. The molecule has 0 radical (unpaired) electrons. The second kappa shape index (κ2) is 4.63. The minimum Gasteiger partial charge on any atom is -0.404 e. The van der Waals surface area contributed by atoms with E-state index in [4.69, 9.17) is 4.42 Å². The summed E-state index contributed by atoms with van der Waals surface area (Å²) in [5.41, 5.74) is 0. The number of hydrogen-bond acceptors (Lipinski definition) is 5. The molecule has 1 aliphatic heterocycles. The van der Waals surface area contributed by atoms with Gasteiger partial charge in [0.25, 0.3) is 0 Å². The summed E-state index contributed by atoms with van der Waals surface area (Å²) in [6.45, 7) is 5.79. The van der Waals surface area contributed by atoms with Gasteiger partial charge in [-0.15, -0.1) is 0 Å².